The Balaban J connectivity index is 1.73. The van der Waals surface area contributed by atoms with Crippen molar-refractivity contribution >= 4 is 33.2 Å². The molecule has 29 heavy (non-hydrogen) atoms. The van der Waals surface area contributed by atoms with Crippen LogP contribution < -0.4 is 20.1 Å². The second-order valence-corrected chi connectivity index (χ2v) is 8.28. The van der Waals surface area contributed by atoms with Crippen LogP contribution in [0, 0.1) is 0 Å². The quantitative estimate of drug-likeness (QED) is 0.706. The van der Waals surface area contributed by atoms with Crippen molar-refractivity contribution in [2.24, 2.45) is 0 Å². The molecule has 10 heteroatoms. The summed E-state index contributed by atoms with van der Waals surface area (Å²) in [4.78, 5) is 23.8. The molecule has 0 fully saturated rings. The molecular weight excluding hydrogens is 398 g/mol. The molecule has 0 saturated carbocycles. The highest BCUT2D eigenvalue weighted by molar-refractivity contribution is 7.89. The first-order valence-electron chi connectivity index (χ1n) is 8.86. The van der Waals surface area contributed by atoms with Crippen LogP contribution in [-0.2, 0) is 19.6 Å². The number of para-hydroxylation sites is 2. The Morgan fingerprint density at radius 3 is 2.79 bits per heavy atom. The van der Waals surface area contributed by atoms with Crippen molar-refractivity contribution in [1.29, 1.82) is 0 Å². The number of fused-ring (bicyclic) bond motifs is 1. The van der Waals surface area contributed by atoms with Crippen LogP contribution in [0.1, 0.15) is 6.92 Å². The molecule has 2 amide bonds. The van der Waals surface area contributed by atoms with E-state index in [9.17, 15) is 18.0 Å². The zero-order valence-electron chi connectivity index (χ0n) is 16.0. The fourth-order valence-corrected chi connectivity index (χ4v) is 3.88. The van der Waals surface area contributed by atoms with Crippen LogP contribution >= 0.6 is 0 Å². The smallest absolute Gasteiger partial charge is 0.262 e. The number of ether oxygens (including phenoxy) is 2. The van der Waals surface area contributed by atoms with Crippen LogP contribution in [-0.4, -0.2) is 51.3 Å². The Kier molecular flexibility index (Phi) is 6.04. The van der Waals surface area contributed by atoms with E-state index in [-0.39, 0.29) is 23.1 Å². The highest BCUT2D eigenvalue weighted by atomic mass is 32.2. The molecule has 0 radical (unpaired) electrons. The number of rotatable bonds is 7. The molecule has 0 spiro atoms. The summed E-state index contributed by atoms with van der Waals surface area (Å²) in [6.07, 6.45) is 0. The molecule has 1 heterocycles. The molecule has 154 valence electrons. The van der Waals surface area contributed by atoms with Gasteiger partial charge in [0.25, 0.3) is 5.91 Å². The van der Waals surface area contributed by atoms with E-state index in [0.29, 0.717) is 23.8 Å². The molecule has 3 rings (SSSR count). The molecule has 9 nitrogen and oxygen atoms in total. The third-order valence-electron chi connectivity index (χ3n) is 4.12. The molecule has 0 bridgehead atoms. The number of nitrogens with one attached hydrogen (secondary N) is 2. The monoisotopic (exact) mass is 419 g/mol. The standard InChI is InChI=1S/C19H21N3O6S/c1-3-27-16-7-5-4-6-14(16)20-18(23)11-22(2)29(25,26)13-8-9-17-15(10-13)21-19(24)12-28-17/h4-10H,3,11-12H2,1-2H3,(H,20,23)(H,21,24). The molecule has 1 aliphatic rings. The number of anilines is 2. The first-order chi connectivity index (χ1) is 13.8. The molecular formula is C19H21N3O6S. The van der Waals surface area contributed by atoms with Crippen molar-refractivity contribution in [2.75, 3.05) is 37.4 Å². The van der Waals surface area contributed by atoms with Crippen LogP contribution in [0.3, 0.4) is 0 Å². The van der Waals surface area contributed by atoms with E-state index in [1.165, 1.54) is 25.2 Å². The number of carbonyl (C=O) groups excluding carboxylic acids is 2. The average Bonchev–Trinajstić information content (AvgIpc) is 2.69. The van der Waals surface area contributed by atoms with Crippen LogP contribution in [0.5, 0.6) is 11.5 Å². The zero-order valence-corrected chi connectivity index (χ0v) is 16.8. The molecule has 1 aliphatic heterocycles. The molecule has 2 N–H and O–H groups in total. The largest absolute Gasteiger partial charge is 0.492 e. The van der Waals surface area contributed by atoms with Gasteiger partial charge in [-0.25, -0.2) is 8.42 Å². The lowest BCUT2D eigenvalue weighted by molar-refractivity contribution is -0.118. The topological polar surface area (TPSA) is 114 Å². The van der Waals surface area contributed by atoms with Gasteiger partial charge in [0.15, 0.2) is 6.61 Å². The molecule has 0 aromatic heterocycles. The first kappa shape index (κ1) is 20.6. The summed E-state index contributed by atoms with van der Waals surface area (Å²) in [5.74, 6) is 0.00124. The minimum Gasteiger partial charge on any atom is -0.492 e. The van der Waals surface area contributed by atoms with Crippen molar-refractivity contribution in [3.63, 3.8) is 0 Å². The summed E-state index contributed by atoms with van der Waals surface area (Å²) in [6, 6.07) is 11.0. The van der Waals surface area contributed by atoms with Crippen molar-refractivity contribution in [1.82, 2.24) is 4.31 Å². The van der Waals surface area contributed by atoms with Gasteiger partial charge in [-0.2, -0.15) is 4.31 Å². The van der Waals surface area contributed by atoms with Gasteiger partial charge in [0.1, 0.15) is 11.5 Å². The lowest BCUT2D eigenvalue weighted by Crippen LogP contribution is -2.35. The van der Waals surface area contributed by atoms with E-state index >= 15 is 0 Å². The molecule has 0 saturated heterocycles. The van der Waals surface area contributed by atoms with Gasteiger partial charge in [0.05, 0.1) is 29.4 Å². The fourth-order valence-electron chi connectivity index (χ4n) is 2.73. The molecule has 2 aromatic carbocycles. The minimum atomic E-state index is -3.96. The third-order valence-corrected chi connectivity index (χ3v) is 5.92. The summed E-state index contributed by atoms with van der Waals surface area (Å²) in [5.41, 5.74) is 0.726. The Bertz CT molecular complexity index is 1040. The van der Waals surface area contributed by atoms with Gasteiger partial charge in [-0.1, -0.05) is 12.1 Å². The second kappa shape index (κ2) is 8.50. The summed E-state index contributed by atoms with van der Waals surface area (Å²) in [5, 5.41) is 5.22. The number of amides is 2. The van der Waals surface area contributed by atoms with E-state index in [4.69, 9.17) is 9.47 Å². The van der Waals surface area contributed by atoms with E-state index in [2.05, 4.69) is 10.6 Å². The van der Waals surface area contributed by atoms with Gasteiger partial charge in [-0.15, -0.1) is 0 Å². The number of hydrogen-bond donors (Lipinski definition) is 2. The second-order valence-electron chi connectivity index (χ2n) is 6.23. The van der Waals surface area contributed by atoms with Crippen molar-refractivity contribution < 1.29 is 27.5 Å². The fraction of sp³-hybridized carbons (Fsp3) is 0.263. The normalized spacial score (nSPS) is 13.3. The van der Waals surface area contributed by atoms with Gasteiger partial charge >= 0.3 is 0 Å². The molecule has 0 atom stereocenters. The maximum Gasteiger partial charge on any atom is 0.262 e. The van der Waals surface area contributed by atoms with Gasteiger partial charge in [-0.05, 0) is 37.3 Å². The number of carbonyl (C=O) groups is 2. The van der Waals surface area contributed by atoms with E-state index in [1.54, 1.807) is 24.3 Å². The predicted molar refractivity (Wildman–Crippen MR) is 107 cm³/mol. The number of hydrogen-bond acceptors (Lipinski definition) is 6. The van der Waals surface area contributed by atoms with Crippen molar-refractivity contribution in [2.45, 2.75) is 11.8 Å². The Labute approximate surface area is 168 Å². The van der Waals surface area contributed by atoms with Crippen molar-refractivity contribution in [3.8, 4) is 11.5 Å². The van der Waals surface area contributed by atoms with Gasteiger partial charge in [-0.3, -0.25) is 9.59 Å². The van der Waals surface area contributed by atoms with Gasteiger partial charge in [0, 0.05) is 7.05 Å². The summed E-state index contributed by atoms with van der Waals surface area (Å²) in [7, 11) is -2.66. The minimum absolute atomic E-state index is 0.0629. The lowest BCUT2D eigenvalue weighted by Gasteiger charge is -2.21. The summed E-state index contributed by atoms with van der Waals surface area (Å²) >= 11 is 0. The molecule has 0 unspecified atom stereocenters. The Hall–Kier alpha value is -3.11. The van der Waals surface area contributed by atoms with E-state index in [1.807, 2.05) is 6.92 Å². The average molecular weight is 419 g/mol. The zero-order chi connectivity index (χ0) is 21.0. The lowest BCUT2D eigenvalue weighted by atomic mass is 10.2. The highest BCUT2D eigenvalue weighted by Crippen LogP contribution is 2.31. The SMILES string of the molecule is CCOc1ccccc1NC(=O)CN(C)S(=O)(=O)c1ccc2c(c1)NC(=O)CO2. The van der Waals surface area contributed by atoms with Gasteiger partial charge < -0.3 is 20.1 Å². The maximum absolute atomic E-state index is 12.8. The predicted octanol–water partition coefficient (Wildman–Crippen LogP) is 1.68. The number of sulfonamides is 1. The third kappa shape index (κ3) is 4.66. The van der Waals surface area contributed by atoms with Crippen LogP contribution in [0.15, 0.2) is 47.4 Å². The molecule has 0 aliphatic carbocycles. The summed E-state index contributed by atoms with van der Waals surface area (Å²) in [6.45, 7) is 1.73. The maximum atomic E-state index is 12.8. The summed E-state index contributed by atoms with van der Waals surface area (Å²) < 4.78 is 37.3. The van der Waals surface area contributed by atoms with Crippen LogP contribution in [0.2, 0.25) is 0 Å². The van der Waals surface area contributed by atoms with Crippen molar-refractivity contribution in [3.05, 3.63) is 42.5 Å². The van der Waals surface area contributed by atoms with Crippen LogP contribution in [0.25, 0.3) is 0 Å². The first-order valence-corrected chi connectivity index (χ1v) is 10.3. The number of nitrogens with zero attached hydrogens (tertiary/aromatic N) is 1. The Morgan fingerprint density at radius 2 is 2.03 bits per heavy atom. The molecule has 2 aromatic rings. The highest BCUT2D eigenvalue weighted by Gasteiger charge is 2.26. The Morgan fingerprint density at radius 1 is 1.28 bits per heavy atom. The van der Waals surface area contributed by atoms with Gasteiger partial charge in [0.2, 0.25) is 15.9 Å². The van der Waals surface area contributed by atoms with E-state index < -0.39 is 22.5 Å². The van der Waals surface area contributed by atoms with Crippen LogP contribution in [0.4, 0.5) is 11.4 Å². The number of benzene rings is 2. The number of likely N-dealkylation sites (N-methyl/N-ethyl adjacent to an activating group) is 1. The van der Waals surface area contributed by atoms with E-state index in [0.717, 1.165) is 4.31 Å².